The van der Waals surface area contributed by atoms with Crippen LogP contribution in [-0.4, -0.2) is 47.2 Å². The van der Waals surface area contributed by atoms with Crippen molar-refractivity contribution < 1.29 is 18.3 Å². The lowest BCUT2D eigenvalue weighted by Gasteiger charge is -2.09. The molecule has 21 heavy (non-hydrogen) atoms. The number of ether oxygens (including phenoxy) is 2. The van der Waals surface area contributed by atoms with Crippen LogP contribution in [0.4, 0.5) is 8.78 Å². The number of aryl methyl sites for hydroxylation is 1. The Balaban J connectivity index is 2.22. The molecule has 0 N–H and O–H groups in total. The van der Waals surface area contributed by atoms with E-state index < -0.39 is 13.0 Å². The van der Waals surface area contributed by atoms with E-state index in [0.717, 1.165) is 5.82 Å². The first-order valence-corrected chi connectivity index (χ1v) is 7.01. The summed E-state index contributed by atoms with van der Waals surface area (Å²) >= 11 is 5.77. The summed E-state index contributed by atoms with van der Waals surface area (Å²) < 4.78 is 36.0. The number of nitrogens with zero attached hydrogens (tertiary/aromatic N) is 3. The minimum Gasteiger partial charge on any atom is -0.481 e. The van der Waals surface area contributed by atoms with E-state index in [4.69, 9.17) is 21.1 Å². The van der Waals surface area contributed by atoms with Crippen LogP contribution in [0.1, 0.15) is 5.82 Å². The summed E-state index contributed by atoms with van der Waals surface area (Å²) in [5, 5.41) is 0. The summed E-state index contributed by atoms with van der Waals surface area (Å²) in [6.45, 7) is -0.0339. The first-order valence-electron chi connectivity index (χ1n) is 6.47. The van der Waals surface area contributed by atoms with Crippen LogP contribution in [0.2, 0.25) is 0 Å². The summed E-state index contributed by atoms with van der Waals surface area (Å²) in [4.78, 5) is 8.79. The number of methoxy groups -OCH3 is 1. The summed E-state index contributed by atoms with van der Waals surface area (Å²) in [6, 6.07) is 3.52. The third-order valence-electron chi connectivity index (χ3n) is 2.88. The maximum atomic E-state index is 12.1. The predicted molar refractivity (Wildman–Crippen MR) is 75.3 cm³/mol. The number of rotatable bonds is 8. The van der Waals surface area contributed by atoms with E-state index in [-0.39, 0.29) is 6.61 Å². The number of pyridine rings is 1. The number of aromatic nitrogens is 3. The van der Waals surface area contributed by atoms with Gasteiger partial charge in [-0.3, -0.25) is 0 Å². The van der Waals surface area contributed by atoms with Gasteiger partial charge >= 0.3 is 0 Å². The molecule has 8 heteroatoms. The Morgan fingerprint density at radius 2 is 2.14 bits per heavy atom. The Labute approximate surface area is 125 Å². The molecular weight excluding hydrogens is 304 g/mol. The lowest BCUT2D eigenvalue weighted by Crippen LogP contribution is -2.13. The van der Waals surface area contributed by atoms with Gasteiger partial charge in [-0.05, 0) is 6.07 Å². The van der Waals surface area contributed by atoms with E-state index in [1.165, 1.54) is 7.11 Å². The standard InChI is InChI=1S/C13H16ClF2N3O2/c1-20-12-3-2-9-13(18-12)19(11(17-9)4-5-14)6-7-21-8-10(15)16/h2-3,10H,4-8H2,1H3. The molecule has 0 bridgehead atoms. The number of fused-ring (bicyclic) bond motifs is 1. The third kappa shape index (κ3) is 4.01. The zero-order valence-corrected chi connectivity index (χ0v) is 12.3. The topological polar surface area (TPSA) is 49.2 Å². The smallest absolute Gasteiger partial charge is 0.261 e. The molecule has 0 aliphatic carbocycles. The summed E-state index contributed by atoms with van der Waals surface area (Å²) in [7, 11) is 1.53. The SMILES string of the molecule is COc1ccc2nc(CCCl)n(CCOCC(F)F)c2n1. The molecule has 0 aliphatic heterocycles. The maximum Gasteiger partial charge on any atom is 0.261 e. The van der Waals surface area contributed by atoms with Crippen LogP contribution in [0.3, 0.4) is 0 Å². The average molecular weight is 320 g/mol. The maximum absolute atomic E-state index is 12.1. The molecule has 0 atom stereocenters. The van der Waals surface area contributed by atoms with Crippen molar-refractivity contribution in [3.8, 4) is 5.88 Å². The molecular formula is C13H16ClF2N3O2. The first-order chi connectivity index (χ1) is 10.2. The van der Waals surface area contributed by atoms with Crippen LogP contribution in [0.15, 0.2) is 12.1 Å². The second kappa shape index (κ2) is 7.51. The van der Waals surface area contributed by atoms with E-state index in [1.807, 2.05) is 4.57 Å². The number of alkyl halides is 3. The highest BCUT2D eigenvalue weighted by Crippen LogP contribution is 2.18. The quantitative estimate of drug-likeness (QED) is 0.554. The second-order valence-corrected chi connectivity index (χ2v) is 4.66. The van der Waals surface area contributed by atoms with Gasteiger partial charge in [0, 0.05) is 24.9 Å². The van der Waals surface area contributed by atoms with Crippen molar-refractivity contribution in [2.75, 3.05) is 26.2 Å². The normalized spacial score (nSPS) is 11.5. The molecule has 0 saturated carbocycles. The van der Waals surface area contributed by atoms with Crippen LogP contribution >= 0.6 is 11.6 Å². The van der Waals surface area contributed by atoms with Crippen LogP contribution < -0.4 is 4.74 Å². The molecule has 0 unspecified atom stereocenters. The van der Waals surface area contributed by atoms with Gasteiger partial charge in [0.15, 0.2) is 5.65 Å². The number of hydrogen-bond donors (Lipinski definition) is 0. The Hall–Kier alpha value is -1.47. The monoisotopic (exact) mass is 319 g/mol. The molecule has 0 amide bonds. The largest absolute Gasteiger partial charge is 0.481 e. The van der Waals surface area contributed by atoms with Crippen molar-refractivity contribution in [1.29, 1.82) is 0 Å². The Bertz CT molecular complexity index is 592. The van der Waals surface area contributed by atoms with E-state index in [0.29, 0.717) is 35.9 Å². The summed E-state index contributed by atoms with van der Waals surface area (Å²) in [5.41, 5.74) is 1.35. The van der Waals surface area contributed by atoms with E-state index in [9.17, 15) is 8.78 Å². The van der Waals surface area contributed by atoms with Gasteiger partial charge in [0.1, 0.15) is 17.9 Å². The van der Waals surface area contributed by atoms with Gasteiger partial charge in [0.25, 0.3) is 6.43 Å². The fourth-order valence-corrected chi connectivity index (χ4v) is 2.15. The van der Waals surface area contributed by atoms with Crippen LogP contribution in [0, 0.1) is 0 Å². The molecule has 0 saturated heterocycles. The average Bonchev–Trinajstić information content (AvgIpc) is 2.80. The molecule has 0 spiro atoms. The van der Waals surface area contributed by atoms with Crippen molar-refractivity contribution in [1.82, 2.24) is 14.5 Å². The van der Waals surface area contributed by atoms with Crippen molar-refractivity contribution in [3.63, 3.8) is 0 Å². The van der Waals surface area contributed by atoms with E-state index >= 15 is 0 Å². The molecule has 2 heterocycles. The molecule has 2 aromatic heterocycles. The highest BCUT2D eigenvalue weighted by atomic mass is 35.5. The Kier molecular flexibility index (Phi) is 5.69. The van der Waals surface area contributed by atoms with E-state index in [1.54, 1.807) is 12.1 Å². The van der Waals surface area contributed by atoms with Gasteiger partial charge in [0.05, 0.1) is 13.7 Å². The molecule has 5 nitrogen and oxygen atoms in total. The van der Waals surface area contributed by atoms with Gasteiger partial charge in [-0.1, -0.05) is 0 Å². The zero-order valence-electron chi connectivity index (χ0n) is 11.6. The van der Waals surface area contributed by atoms with Crippen LogP contribution in [0.5, 0.6) is 5.88 Å². The highest BCUT2D eigenvalue weighted by Gasteiger charge is 2.13. The Morgan fingerprint density at radius 3 is 2.81 bits per heavy atom. The highest BCUT2D eigenvalue weighted by molar-refractivity contribution is 6.17. The number of halogens is 3. The summed E-state index contributed by atoms with van der Waals surface area (Å²) in [5.74, 6) is 1.63. The van der Waals surface area contributed by atoms with E-state index in [2.05, 4.69) is 9.97 Å². The van der Waals surface area contributed by atoms with Gasteiger partial charge in [0.2, 0.25) is 5.88 Å². The zero-order chi connectivity index (χ0) is 15.2. The van der Waals surface area contributed by atoms with Crippen molar-refractivity contribution in [2.24, 2.45) is 0 Å². The van der Waals surface area contributed by atoms with Gasteiger partial charge < -0.3 is 14.0 Å². The molecule has 0 radical (unpaired) electrons. The Morgan fingerprint density at radius 1 is 1.33 bits per heavy atom. The van der Waals surface area contributed by atoms with Crippen molar-refractivity contribution >= 4 is 22.8 Å². The molecule has 0 aliphatic rings. The van der Waals surface area contributed by atoms with Crippen LogP contribution in [0.25, 0.3) is 11.2 Å². The van der Waals surface area contributed by atoms with Gasteiger partial charge in [-0.2, -0.15) is 4.98 Å². The second-order valence-electron chi connectivity index (χ2n) is 4.28. The van der Waals surface area contributed by atoms with Gasteiger partial charge in [-0.25, -0.2) is 13.8 Å². The minimum atomic E-state index is -2.47. The number of hydrogen-bond acceptors (Lipinski definition) is 4. The molecule has 0 fully saturated rings. The number of imidazole rings is 1. The third-order valence-corrected chi connectivity index (χ3v) is 3.07. The molecule has 0 aromatic carbocycles. The van der Waals surface area contributed by atoms with Gasteiger partial charge in [-0.15, -0.1) is 11.6 Å². The predicted octanol–water partition coefficient (Wildman–Crippen LogP) is 2.50. The lowest BCUT2D eigenvalue weighted by atomic mass is 10.4. The van der Waals surface area contributed by atoms with Crippen LogP contribution in [-0.2, 0) is 17.7 Å². The minimum absolute atomic E-state index is 0.157. The molecule has 2 rings (SSSR count). The molecule has 116 valence electrons. The fraction of sp³-hybridized carbons (Fsp3) is 0.538. The fourth-order valence-electron chi connectivity index (χ4n) is 1.98. The molecule has 2 aromatic rings. The summed E-state index contributed by atoms with van der Waals surface area (Å²) in [6.07, 6.45) is -1.90. The van der Waals surface area contributed by atoms with Crippen molar-refractivity contribution in [3.05, 3.63) is 18.0 Å². The van der Waals surface area contributed by atoms with Crippen molar-refractivity contribution in [2.45, 2.75) is 19.4 Å². The first kappa shape index (κ1) is 15.9. The lowest BCUT2D eigenvalue weighted by molar-refractivity contribution is 0.0148.